The van der Waals surface area contributed by atoms with E-state index >= 15 is 0 Å². The number of ether oxygens (including phenoxy) is 1. The van der Waals surface area contributed by atoms with Crippen LogP contribution in [0.5, 0.6) is 0 Å². The first-order valence-electron chi connectivity index (χ1n) is 8.17. The number of rotatable bonds is 3. The molecule has 1 aromatic heterocycles. The highest BCUT2D eigenvalue weighted by molar-refractivity contribution is 7.10. The molecule has 3 fully saturated rings. The van der Waals surface area contributed by atoms with Gasteiger partial charge >= 0.3 is 5.97 Å². The largest absolute Gasteiger partial charge is 0.481 e. The molecule has 2 aliphatic heterocycles. The average molecular weight is 335 g/mol. The molecule has 3 aliphatic rings. The second kappa shape index (κ2) is 5.31. The number of aryl methyl sites for hydroxylation is 1. The molecule has 0 spiro atoms. The van der Waals surface area contributed by atoms with Gasteiger partial charge in [-0.05, 0) is 36.8 Å². The van der Waals surface area contributed by atoms with Gasteiger partial charge in [-0.15, -0.1) is 11.3 Å². The van der Waals surface area contributed by atoms with Crippen LogP contribution >= 0.6 is 11.3 Å². The molecule has 1 aromatic rings. The van der Waals surface area contributed by atoms with Crippen molar-refractivity contribution in [2.75, 3.05) is 26.3 Å². The number of aliphatic carboxylic acids is 1. The molecule has 3 heterocycles. The second-order valence-corrected chi connectivity index (χ2v) is 8.07. The Bertz CT molecular complexity index is 657. The van der Waals surface area contributed by atoms with E-state index in [-0.39, 0.29) is 17.7 Å². The van der Waals surface area contributed by atoms with Gasteiger partial charge in [-0.25, -0.2) is 0 Å². The standard InChI is InChI=1S/C17H21NO4S/c1-10-2-5-23-14(10)12-6-13(12)15(19)18-7-11-8-22-4-3-17(11,9-18)16(20)21/h2,5,11-13H,3-4,6-9H2,1H3,(H,20,21)/t11-,12?,13?,17+/m0/s1. The fourth-order valence-electron chi connectivity index (χ4n) is 4.22. The van der Waals surface area contributed by atoms with Gasteiger partial charge in [0.1, 0.15) is 0 Å². The minimum absolute atomic E-state index is 0.0410. The Kier molecular flexibility index (Phi) is 3.50. The number of hydrogen-bond donors (Lipinski definition) is 1. The van der Waals surface area contributed by atoms with Crippen molar-refractivity contribution in [3.8, 4) is 0 Å². The maximum absolute atomic E-state index is 12.8. The summed E-state index contributed by atoms with van der Waals surface area (Å²) in [5, 5.41) is 11.8. The van der Waals surface area contributed by atoms with Crippen molar-refractivity contribution >= 4 is 23.2 Å². The number of thiophene rings is 1. The van der Waals surface area contributed by atoms with Crippen molar-refractivity contribution in [1.82, 2.24) is 4.90 Å². The van der Waals surface area contributed by atoms with E-state index in [0.29, 0.717) is 38.6 Å². The van der Waals surface area contributed by atoms with Crippen LogP contribution in [0.2, 0.25) is 0 Å². The third-order valence-corrected chi connectivity index (χ3v) is 6.94. The predicted octanol–water partition coefficient (Wildman–Crippen LogP) is 2.11. The van der Waals surface area contributed by atoms with E-state index in [4.69, 9.17) is 4.74 Å². The zero-order valence-electron chi connectivity index (χ0n) is 13.2. The van der Waals surface area contributed by atoms with Crippen LogP contribution < -0.4 is 0 Å². The van der Waals surface area contributed by atoms with E-state index in [1.807, 2.05) is 0 Å². The number of carbonyl (C=O) groups excluding carboxylic acids is 1. The summed E-state index contributed by atoms with van der Waals surface area (Å²) in [6.07, 6.45) is 1.41. The first-order chi connectivity index (χ1) is 11.0. The molecule has 4 rings (SSSR count). The minimum atomic E-state index is -0.794. The zero-order valence-corrected chi connectivity index (χ0v) is 14.0. The lowest BCUT2D eigenvalue weighted by Crippen LogP contribution is -2.45. The SMILES string of the molecule is Cc1ccsc1C1CC1C(=O)N1C[C@H]2COCC[C@@]2(C(=O)O)C1. The summed E-state index contributed by atoms with van der Waals surface area (Å²) < 4.78 is 5.46. The molecule has 124 valence electrons. The lowest BCUT2D eigenvalue weighted by atomic mass is 9.74. The molecule has 23 heavy (non-hydrogen) atoms. The molecular weight excluding hydrogens is 314 g/mol. The van der Waals surface area contributed by atoms with E-state index in [2.05, 4.69) is 18.4 Å². The number of likely N-dealkylation sites (tertiary alicyclic amines) is 1. The number of nitrogens with zero attached hydrogens (tertiary/aromatic N) is 1. The minimum Gasteiger partial charge on any atom is -0.481 e. The molecule has 6 heteroatoms. The quantitative estimate of drug-likeness (QED) is 0.919. The van der Waals surface area contributed by atoms with Crippen LogP contribution in [0.1, 0.15) is 29.2 Å². The maximum Gasteiger partial charge on any atom is 0.311 e. The highest BCUT2D eigenvalue weighted by Crippen LogP contribution is 2.52. The van der Waals surface area contributed by atoms with Crippen molar-refractivity contribution in [3.63, 3.8) is 0 Å². The van der Waals surface area contributed by atoms with E-state index in [9.17, 15) is 14.7 Å². The molecule has 0 bridgehead atoms. The second-order valence-electron chi connectivity index (χ2n) is 7.12. The maximum atomic E-state index is 12.8. The van der Waals surface area contributed by atoms with Crippen molar-refractivity contribution in [2.45, 2.75) is 25.7 Å². The molecule has 1 aliphatic carbocycles. The van der Waals surface area contributed by atoms with Gasteiger partial charge < -0.3 is 14.7 Å². The smallest absolute Gasteiger partial charge is 0.311 e. The fourth-order valence-corrected chi connectivity index (χ4v) is 5.33. The average Bonchev–Trinajstić information content (AvgIpc) is 3.02. The topological polar surface area (TPSA) is 66.8 Å². The Morgan fingerprint density at radius 2 is 2.30 bits per heavy atom. The monoisotopic (exact) mass is 335 g/mol. The summed E-state index contributed by atoms with van der Waals surface area (Å²) in [5.41, 5.74) is 0.470. The zero-order chi connectivity index (χ0) is 16.2. The first kappa shape index (κ1) is 15.1. The van der Waals surface area contributed by atoms with Gasteiger partial charge in [-0.2, -0.15) is 0 Å². The summed E-state index contributed by atoms with van der Waals surface area (Å²) in [6.45, 7) is 3.89. The molecular formula is C17H21NO4S. The summed E-state index contributed by atoms with van der Waals surface area (Å²) >= 11 is 1.72. The Balaban J connectivity index is 1.49. The van der Waals surface area contributed by atoms with Crippen LogP contribution in [-0.2, 0) is 14.3 Å². The highest BCUT2D eigenvalue weighted by atomic mass is 32.1. The molecule has 4 atom stereocenters. The van der Waals surface area contributed by atoms with Crippen molar-refractivity contribution < 1.29 is 19.4 Å². The van der Waals surface area contributed by atoms with Crippen LogP contribution in [-0.4, -0.2) is 48.2 Å². The lowest BCUT2D eigenvalue weighted by Gasteiger charge is -2.33. The van der Waals surface area contributed by atoms with Gasteiger partial charge in [0.15, 0.2) is 0 Å². The Labute approximate surface area is 139 Å². The van der Waals surface area contributed by atoms with Gasteiger partial charge in [0.2, 0.25) is 5.91 Å². The normalized spacial score (nSPS) is 35.9. The molecule has 0 aromatic carbocycles. The molecule has 2 saturated heterocycles. The summed E-state index contributed by atoms with van der Waals surface area (Å²) in [5.74, 6) is -0.333. The number of carboxylic acid groups (broad SMARTS) is 1. The molecule has 5 nitrogen and oxygen atoms in total. The van der Waals surface area contributed by atoms with Crippen LogP contribution in [0.4, 0.5) is 0 Å². The molecule has 1 N–H and O–H groups in total. The summed E-state index contributed by atoms with van der Waals surface area (Å²) in [6, 6.07) is 2.10. The van der Waals surface area contributed by atoms with E-state index < -0.39 is 11.4 Å². The van der Waals surface area contributed by atoms with E-state index in [1.54, 1.807) is 16.2 Å². The van der Waals surface area contributed by atoms with E-state index in [1.165, 1.54) is 10.4 Å². The van der Waals surface area contributed by atoms with Crippen LogP contribution in [0, 0.1) is 24.2 Å². The first-order valence-corrected chi connectivity index (χ1v) is 9.05. The number of carbonyl (C=O) groups is 2. The van der Waals surface area contributed by atoms with E-state index in [0.717, 1.165) is 6.42 Å². The fraction of sp³-hybridized carbons (Fsp3) is 0.647. The molecule has 0 radical (unpaired) electrons. The number of fused-ring (bicyclic) bond motifs is 1. The van der Waals surface area contributed by atoms with Crippen LogP contribution in [0.3, 0.4) is 0 Å². The number of amides is 1. The summed E-state index contributed by atoms with van der Waals surface area (Å²) in [4.78, 5) is 27.8. The van der Waals surface area contributed by atoms with Crippen LogP contribution in [0.15, 0.2) is 11.4 Å². The van der Waals surface area contributed by atoms with Gasteiger partial charge in [-0.3, -0.25) is 9.59 Å². The Morgan fingerprint density at radius 3 is 2.96 bits per heavy atom. The van der Waals surface area contributed by atoms with Gasteiger partial charge in [0.05, 0.1) is 12.0 Å². The summed E-state index contributed by atoms with van der Waals surface area (Å²) in [7, 11) is 0. The highest BCUT2D eigenvalue weighted by Gasteiger charge is 2.57. The Hall–Kier alpha value is -1.40. The molecule has 1 amide bonds. The van der Waals surface area contributed by atoms with Crippen LogP contribution in [0.25, 0.3) is 0 Å². The predicted molar refractivity (Wildman–Crippen MR) is 85.5 cm³/mol. The van der Waals surface area contributed by atoms with Gasteiger partial charge in [0.25, 0.3) is 0 Å². The van der Waals surface area contributed by atoms with Gasteiger partial charge in [-0.1, -0.05) is 0 Å². The third kappa shape index (κ3) is 2.31. The van der Waals surface area contributed by atoms with Crippen molar-refractivity contribution in [3.05, 3.63) is 21.9 Å². The number of carboxylic acids is 1. The van der Waals surface area contributed by atoms with Gasteiger partial charge in [0, 0.05) is 42.3 Å². The third-order valence-electron chi connectivity index (χ3n) is 5.79. The Morgan fingerprint density at radius 1 is 1.48 bits per heavy atom. The van der Waals surface area contributed by atoms with Crippen molar-refractivity contribution in [1.29, 1.82) is 0 Å². The molecule has 1 saturated carbocycles. The number of hydrogen-bond acceptors (Lipinski definition) is 4. The lowest BCUT2D eigenvalue weighted by molar-refractivity contribution is -0.157. The molecule has 2 unspecified atom stereocenters. The van der Waals surface area contributed by atoms with Crippen molar-refractivity contribution in [2.24, 2.45) is 17.3 Å².